The van der Waals surface area contributed by atoms with Crippen LogP contribution in [0.4, 0.5) is 0 Å². The summed E-state index contributed by atoms with van der Waals surface area (Å²) in [6, 6.07) is -0.183. The van der Waals surface area contributed by atoms with Crippen molar-refractivity contribution in [3.8, 4) is 0 Å². The third-order valence-corrected chi connectivity index (χ3v) is 5.46. The summed E-state index contributed by atoms with van der Waals surface area (Å²) in [5.74, 6) is 1.22. The van der Waals surface area contributed by atoms with Crippen LogP contribution in [0.25, 0.3) is 0 Å². The number of nitrogens with two attached hydrogens (primary N) is 1. The molecule has 2 N–H and O–H groups in total. The maximum absolute atomic E-state index is 12.8. The Morgan fingerprint density at radius 1 is 1.24 bits per heavy atom. The van der Waals surface area contributed by atoms with E-state index in [2.05, 4.69) is 15.0 Å². The fourth-order valence-electron chi connectivity index (χ4n) is 3.84. The Balaban J connectivity index is 1.54. The quantitative estimate of drug-likeness (QED) is 0.856. The first-order valence-electron chi connectivity index (χ1n) is 9.08. The number of hydrogen-bond donors (Lipinski definition) is 1. The highest BCUT2D eigenvalue weighted by Crippen LogP contribution is 2.28. The lowest BCUT2D eigenvalue weighted by Gasteiger charge is -2.38. The van der Waals surface area contributed by atoms with Gasteiger partial charge in [0.15, 0.2) is 5.82 Å². The minimum absolute atomic E-state index is 0.0954. The lowest BCUT2D eigenvalue weighted by molar-refractivity contribution is -0.140. The molecule has 8 heteroatoms. The Hall–Kier alpha value is -1.96. The van der Waals surface area contributed by atoms with Crippen LogP contribution < -0.4 is 5.73 Å². The molecule has 0 radical (unpaired) electrons. The highest BCUT2D eigenvalue weighted by atomic mass is 16.5. The Bertz CT molecular complexity index is 624. The van der Waals surface area contributed by atoms with E-state index in [0.717, 1.165) is 38.8 Å². The van der Waals surface area contributed by atoms with E-state index in [0.29, 0.717) is 24.8 Å². The molecule has 2 aliphatic heterocycles. The van der Waals surface area contributed by atoms with Crippen LogP contribution in [0, 0.1) is 12.8 Å². The topological polar surface area (TPSA) is 106 Å². The molecule has 2 unspecified atom stereocenters. The van der Waals surface area contributed by atoms with E-state index in [4.69, 9.17) is 10.3 Å². The van der Waals surface area contributed by atoms with Gasteiger partial charge in [0.2, 0.25) is 17.7 Å². The summed E-state index contributed by atoms with van der Waals surface area (Å²) in [7, 11) is 0. The van der Waals surface area contributed by atoms with Crippen molar-refractivity contribution >= 4 is 11.8 Å². The Labute approximate surface area is 147 Å². The molecule has 0 saturated carbocycles. The predicted molar refractivity (Wildman–Crippen MR) is 90.5 cm³/mol. The van der Waals surface area contributed by atoms with Crippen LogP contribution in [0.15, 0.2) is 4.52 Å². The molecule has 138 valence electrons. The minimum atomic E-state index is -0.305. The number of hydrogen-bond acceptors (Lipinski definition) is 6. The number of nitrogens with zero attached hydrogens (tertiary/aromatic N) is 4. The molecule has 2 amide bonds. The largest absolute Gasteiger partial charge is 0.369 e. The van der Waals surface area contributed by atoms with E-state index in [9.17, 15) is 9.59 Å². The zero-order valence-corrected chi connectivity index (χ0v) is 15.0. The van der Waals surface area contributed by atoms with E-state index in [1.54, 1.807) is 4.90 Å². The second-order valence-corrected chi connectivity index (χ2v) is 7.19. The van der Waals surface area contributed by atoms with E-state index in [1.165, 1.54) is 0 Å². The van der Waals surface area contributed by atoms with Gasteiger partial charge in [-0.25, -0.2) is 0 Å². The summed E-state index contributed by atoms with van der Waals surface area (Å²) in [5, 5.41) is 3.86. The SMILES string of the molecule is Cc1noc(C2CCN(C(C)C(=O)N3CCCC(C(N)=O)C3)CC2)n1. The number of aromatic nitrogens is 2. The number of primary amides is 1. The number of amides is 2. The molecular formula is C17H27N5O3. The van der Waals surface area contributed by atoms with Gasteiger partial charge < -0.3 is 15.2 Å². The zero-order chi connectivity index (χ0) is 18.0. The number of piperidine rings is 2. The van der Waals surface area contributed by atoms with Crippen molar-refractivity contribution in [2.24, 2.45) is 11.7 Å². The number of rotatable bonds is 4. The van der Waals surface area contributed by atoms with Crippen molar-refractivity contribution in [2.75, 3.05) is 26.2 Å². The van der Waals surface area contributed by atoms with Crippen LogP contribution in [0.3, 0.4) is 0 Å². The first-order chi connectivity index (χ1) is 12.0. The molecule has 3 rings (SSSR count). The average molecular weight is 349 g/mol. The van der Waals surface area contributed by atoms with Gasteiger partial charge in [0.1, 0.15) is 0 Å². The molecule has 1 aromatic heterocycles. The summed E-state index contributed by atoms with van der Waals surface area (Å²) in [4.78, 5) is 32.6. The van der Waals surface area contributed by atoms with Gasteiger partial charge in [0.05, 0.1) is 12.0 Å². The fourth-order valence-corrected chi connectivity index (χ4v) is 3.84. The standard InChI is InChI=1S/C17H27N5O3/c1-11(17(24)22-7-3-4-14(10-22)15(18)23)21-8-5-13(6-9-21)16-19-12(2)20-25-16/h11,13-14H,3-10H2,1-2H3,(H2,18,23). The molecule has 2 aliphatic rings. The molecule has 3 heterocycles. The van der Waals surface area contributed by atoms with Crippen molar-refractivity contribution in [1.29, 1.82) is 0 Å². The zero-order valence-electron chi connectivity index (χ0n) is 15.0. The van der Waals surface area contributed by atoms with Crippen LogP contribution in [-0.2, 0) is 9.59 Å². The molecular weight excluding hydrogens is 322 g/mol. The van der Waals surface area contributed by atoms with Gasteiger partial charge in [0, 0.05) is 19.0 Å². The Morgan fingerprint density at radius 3 is 2.56 bits per heavy atom. The molecule has 0 aliphatic carbocycles. The van der Waals surface area contributed by atoms with Gasteiger partial charge in [-0.2, -0.15) is 4.98 Å². The third kappa shape index (κ3) is 4.00. The van der Waals surface area contributed by atoms with Gasteiger partial charge in [-0.1, -0.05) is 5.16 Å². The second-order valence-electron chi connectivity index (χ2n) is 7.19. The summed E-state index contributed by atoms with van der Waals surface area (Å²) >= 11 is 0. The van der Waals surface area contributed by atoms with Crippen LogP contribution in [-0.4, -0.2) is 64.0 Å². The van der Waals surface area contributed by atoms with E-state index < -0.39 is 0 Å². The maximum atomic E-state index is 12.8. The number of likely N-dealkylation sites (tertiary alicyclic amines) is 2. The van der Waals surface area contributed by atoms with E-state index in [-0.39, 0.29) is 29.7 Å². The molecule has 1 aromatic rings. The minimum Gasteiger partial charge on any atom is -0.369 e. The lowest BCUT2D eigenvalue weighted by Crippen LogP contribution is -2.53. The monoisotopic (exact) mass is 349 g/mol. The smallest absolute Gasteiger partial charge is 0.239 e. The van der Waals surface area contributed by atoms with Crippen LogP contribution >= 0.6 is 0 Å². The lowest BCUT2D eigenvalue weighted by atomic mass is 9.94. The van der Waals surface area contributed by atoms with Gasteiger partial charge in [-0.3, -0.25) is 14.5 Å². The molecule has 2 saturated heterocycles. The maximum Gasteiger partial charge on any atom is 0.239 e. The fraction of sp³-hybridized carbons (Fsp3) is 0.765. The molecule has 0 aromatic carbocycles. The van der Waals surface area contributed by atoms with Crippen molar-refractivity contribution in [1.82, 2.24) is 19.9 Å². The van der Waals surface area contributed by atoms with Gasteiger partial charge in [-0.05, 0) is 52.6 Å². The number of carbonyl (C=O) groups excluding carboxylic acids is 2. The first-order valence-corrected chi connectivity index (χ1v) is 9.08. The first kappa shape index (κ1) is 17.8. The molecule has 8 nitrogen and oxygen atoms in total. The third-order valence-electron chi connectivity index (χ3n) is 5.46. The second kappa shape index (κ2) is 7.51. The summed E-state index contributed by atoms with van der Waals surface area (Å²) in [6.45, 7) is 6.59. The van der Waals surface area contributed by atoms with Gasteiger partial charge in [0.25, 0.3) is 0 Å². The molecule has 0 bridgehead atoms. The number of carbonyl (C=O) groups is 2. The van der Waals surface area contributed by atoms with Crippen LogP contribution in [0.5, 0.6) is 0 Å². The summed E-state index contributed by atoms with van der Waals surface area (Å²) in [5.41, 5.74) is 5.41. The summed E-state index contributed by atoms with van der Waals surface area (Å²) < 4.78 is 5.28. The van der Waals surface area contributed by atoms with Crippen LogP contribution in [0.1, 0.15) is 50.2 Å². The highest BCUT2D eigenvalue weighted by Gasteiger charge is 2.34. The molecule has 2 fully saturated rings. The average Bonchev–Trinajstić information content (AvgIpc) is 3.07. The van der Waals surface area contributed by atoms with Crippen LogP contribution in [0.2, 0.25) is 0 Å². The molecule has 25 heavy (non-hydrogen) atoms. The van der Waals surface area contributed by atoms with Crippen molar-refractivity contribution in [2.45, 2.75) is 51.5 Å². The highest BCUT2D eigenvalue weighted by molar-refractivity contribution is 5.83. The van der Waals surface area contributed by atoms with E-state index in [1.807, 2.05) is 13.8 Å². The molecule has 2 atom stereocenters. The number of aryl methyl sites for hydroxylation is 1. The van der Waals surface area contributed by atoms with E-state index >= 15 is 0 Å². The van der Waals surface area contributed by atoms with Crippen molar-refractivity contribution < 1.29 is 14.1 Å². The predicted octanol–water partition coefficient (Wildman–Crippen LogP) is 0.670. The normalized spacial score (nSPS) is 24.2. The Morgan fingerprint density at radius 2 is 1.96 bits per heavy atom. The van der Waals surface area contributed by atoms with Gasteiger partial charge >= 0.3 is 0 Å². The summed E-state index contributed by atoms with van der Waals surface area (Å²) in [6.07, 6.45) is 3.43. The van der Waals surface area contributed by atoms with Gasteiger partial charge in [-0.15, -0.1) is 0 Å². The van der Waals surface area contributed by atoms with Crippen molar-refractivity contribution in [3.63, 3.8) is 0 Å². The molecule has 0 spiro atoms. The van der Waals surface area contributed by atoms with Crippen molar-refractivity contribution in [3.05, 3.63) is 11.7 Å². The Kier molecular flexibility index (Phi) is 5.36.